The molecule has 7 heteroatoms. The minimum atomic E-state index is -4.32. The normalized spacial score (nSPS) is 14.9. The average molecular weight is 393 g/mol. The largest absolute Gasteiger partial charge is 0.416 e. The SMILES string of the molecule is FC(F)(F)c1cccc(N2CCN(C(=S)NCCc3ccccc3)CC2)c1. The Kier molecular flexibility index (Phi) is 6.21. The summed E-state index contributed by atoms with van der Waals surface area (Å²) in [6, 6.07) is 15.7. The Morgan fingerprint density at radius 1 is 0.963 bits per heavy atom. The number of hydrogen-bond donors (Lipinski definition) is 1. The zero-order valence-electron chi connectivity index (χ0n) is 14.9. The van der Waals surface area contributed by atoms with Gasteiger partial charge in [-0.05, 0) is 42.4 Å². The van der Waals surface area contributed by atoms with E-state index in [1.165, 1.54) is 17.7 Å². The van der Waals surface area contributed by atoms with Crippen LogP contribution in [0.4, 0.5) is 18.9 Å². The number of anilines is 1. The van der Waals surface area contributed by atoms with Crippen molar-refractivity contribution in [3.8, 4) is 0 Å². The van der Waals surface area contributed by atoms with Gasteiger partial charge in [-0.1, -0.05) is 36.4 Å². The maximum absolute atomic E-state index is 12.9. The van der Waals surface area contributed by atoms with Crippen molar-refractivity contribution < 1.29 is 13.2 Å². The molecule has 3 nitrogen and oxygen atoms in total. The first-order chi connectivity index (χ1) is 12.9. The van der Waals surface area contributed by atoms with Crippen LogP contribution in [-0.4, -0.2) is 42.7 Å². The fraction of sp³-hybridized carbons (Fsp3) is 0.350. The molecular weight excluding hydrogens is 371 g/mol. The summed E-state index contributed by atoms with van der Waals surface area (Å²) in [6.45, 7) is 3.42. The number of nitrogens with one attached hydrogen (secondary N) is 1. The van der Waals surface area contributed by atoms with Crippen molar-refractivity contribution in [1.29, 1.82) is 0 Å². The standard InChI is InChI=1S/C20H22F3N3S/c21-20(22,23)17-7-4-8-18(15-17)25-11-13-26(14-12-25)19(27)24-10-9-16-5-2-1-3-6-16/h1-8,15H,9-14H2,(H,24,27). The molecule has 2 aromatic carbocycles. The van der Waals surface area contributed by atoms with Crippen LogP contribution in [0.15, 0.2) is 54.6 Å². The Balaban J connectivity index is 1.48. The second-order valence-corrected chi connectivity index (χ2v) is 6.88. The molecule has 0 saturated carbocycles. The number of nitrogens with zero attached hydrogens (tertiary/aromatic N) is 2. The Labute approximate surface area is 162 Å². The molecule has 1 aliphatic rings. The van der Waals surface area contributed by atoms with Crippen LogP contribution in [0, 0.1) is 0 Å². The van der Waals surface area contributed by atoms with E-state index in [1.807, 2.05) is 23.1 Å². The highest BCUT2D eigenvalue weighted by atomic mass is 32.1. The number of benzene rings is 2. The molecule has 1 fully saturated rings. The first-order valence-corrected chi connectivity index (χ1v) is 9.33. The van der Waals surface area contributed by atoms with Crippen LogP contribution in [0.3, 0.4) is 0 Å². The summed E-state index contributed by atoms with van der Waals surface area (Å²) in [7, 11) is 0. The molecule has 0 amide bonds. The van der Waals surface area contributed by atoms with E-state index in [0.717, 1.165) is 19.0 Å². The van der Waals surface area contributed by atoms with Gasteiger partial charge in [0.25, 0.3) is 0 Å². The third-order valence-corrected chi connectivity index (χ3v) is 5.04. The van der Waals surface area contributed by atoms with Crippen molar-refractivity contribution in [3.63, 3.8) is 0 Å². The summed E-state index contributed by atoms with van der Waals surface area (Å²) in [4.78, 5) is 4.04. The van der Waals surface area contributed by atoms with Crippen LogP contribution < -0.4 is 10.2 Å². The lowest BCUT2D eigenvalue weighted by Crippen LogP contribution is -2.52. The third-order valence-electron chi connectivity index (χ3n) is 4.64. The molecule has 0 aromatic heterocycles. The van der Waals surface area contributed by atoms with Crippen molar-refractivity contribution in [1.82, 2.24) is 10.2 Å². The first kappa shape index (κ1) is 19.5. The molecule has 3 rings (SSSR count). The molecule has 0 spiro atoms. The number of hydrogen-bond acceptors (Lipinski definition) is 2. The number of piperazine rings is 1. The van der Waals surface area contributed by atoms with E-state index >= 15 is 0 Å². The minimum absolute atomic E-state index is 0.604. The van der Waals surface area contributed by atoms with Crippen molar-refractivity contribution >= 4 is 23.0 Å². The molecule has 0 bridgehead atoms. The molecule has 1 saturated heterocycles. The van der Waals surface area contributed by atoms with E-state index in [0.29, 0.717) is 37.0 Å². The maximum atomic E-state index is 12.9. The Hall–Kier alpha value is -2.28. The molecular formula is C20H22F3N3S. The van der Waals surface area contributed by atoms with E-state index in [-0.39, 0.29) is 0 Å². The quantitative estimate of drug-likeness (QED) is 0.793. The van der Waals surface area contributed by atoms with E-state index in [2.05, 4.69) is 22.3 Å². The summed E-state index contributed by atoms with van der Waals surface area (Å²) >= 11 is 5.46. The van der Waals surface area contributed by atoms with Gasteiger partial charge in [-0.2, -0.15) is 13.2 Å². The smallest absolute Gasteiger partial charge is 0.368 e. The summed E-state index contributed by atoms with van der Waals surface area (Å²) in [6.07, 6.45) is -3.42. The average Bonchev–Trinajstić information content (AvgIpc) is 2.68. The second kappa shape index (κ2) is 8.61. The summed E-state index contributed by atoms with van der Waals surface area (Å²) in [5.41, 5.74) is 1.25. The Morgan fingerprint density at radius 2 is 1.67 bits per heavy atom. The molecule has 144 valence electrons. The molecule has 0 aliphatic carbocycles. The fourth-order valence-electron chi connectivity index (χ4n) is 3.12. The molecule has 0 atom stereocenters. The predicted octanol–water partition coefficient (Wildman–Crippen LogP) is 3.94. The van der Waals surface area contributed by atoms with E-state index < -0.39 is 11.7 Å². The minimum Gasteiger partial charge on any atom is -0.368 e. The van der Waals surface area contributed by atoms with E-state index in [1.54, 1.807) is 6.07 Å². The zero-order valence-corrected chi connectivity index (χ0v) is 15.7. The van der Waals surface area contributed by atoms with Gasteiger partial charge in [0.15, 0.2) is 5.11 Å². The van der Waals surface area contributed by atoms with Crippen LogP contribution in [-0.2, 0) is 12.6 Å². The summed E-state index contributed by atoms with van der Waals surface area (Å²) < 4.78 is 38.7. The fourth-order valence-corrected chi connectivity index (χ4v) is 3.40. The van der Waals surface area contributed by atoms with Gasteiger partial charge in [-0.3, -0.25) is 0 Å². The van der Waals surface area contributed by atoms with Gasteiger partial charge in [0, 0.05) is 38.4 Å². The summed E-state index contributed by atoms with van der Waals surface area (Å²) in [5, 5.41) is 3.98. The lowest BCUT2D eigenvalue weighted by molar-refractivity contribution is -0.137. The maximum Gasteiger partial charge on any atom is 0.416 e. The number of halogens is 3. The molecule has 0 radical (unpaired) electrons. The number of alkyl halides is 3. The molecule has 1 heterocycles. The van der Waals surface area contributed by atoms with Crippen LogP contribution in [0.5, 0.6) is 0 Å². The second-order valence-electron chi connectivity index (χ2n) is 6.49. The van der Waals surface area contributed by atoms with Gasteiger partial charge >= 0.3 is 6.18 Å². The van der Waals surface area contributed by atoms with Gasteiger partial charge in [0.2, 0.25) is 0 Å². The van der Waals surface area contributed by atoms with Gasteiger partial charge in [0.1, 0.15) is 0 Å². The monoisotopic (exact) mass is 393 g/mol. The third kappa shape index (κ3) is 5.35. The Bertz CT molecular complexity index is 757. The Morgan fingerprint density at radius 3 is 2.33 bits per heavy atom. The van der Waals surface area contributed by atoms with Crippen LogP contribution in [0.25, 0.3) is 0 Å². The molecule has 0 unspecified atom stereocenters. The zero-order chi connectivity index (χ0) is 19.3. The van der Waals surface area contributed by atoms with Gasteiger partial charge in [0.05, 0.1) is 5.56 Å². The van der Waals surface area contributed by atoms with Gasteiger partial charge in [-0.25, -0.2) is 0 Å². The van der Waals surface area contributed by atoms with Gasteiger partial charge < -0.3 is 15.1 Å². The highest BCUT2D eigenvalue weighted by Crippen LogP contribution is 2.31. The van der Waals surface area contributed by atoms with E-state index in [9.17, 15) is 13.2 Å². The summed E-state index contributed by atoms with van der Waals surface area (Å²) in [5.74, 6) is 0. The predicted molar refractivity (Wildman–Crippen MR) is 106 cm³/mol. The molecule has 27 heavy (non-hydrogen) atoms. The van der Waals surface area contributed by atoms with Crippen LogP contribution >= 0.6 is 12.2 Å². The van der Waals surface area contributed by atoms with E-state index in [4.69, 9.17) is 12.2 Å². The van der Waals surface area contributed by atoms with Crippen molar-refractivity contribution in [3.05, 3.63) is 65.7 Å². The molecule has 2 aromatic rings. The van der Waals surface area contributed by atoms with Crippen molar-refractivity contribution in [2.45, 2.75) is 12.6 Å². The molecule has 1 aliphatic heterocycles. The van der Waals surface area contributed by atoms with Crippen LogP contribution in [0.2, 0.25) is 0 Å². The van der Waals surface area contributed by atoms with Crippen molar-refractivity contribution in [2.24, 2.45) is 0 Å². The highest BCUT2D eigenvalue weighted by molar-refractivity contribution is 7.80. The number of thiocarbonyl (C=S) groups is 1. The lowest BCUT2D eigenvalue weighted by atomic mass is 10.1. The topological polar surface area (TPSA) is 18.5 Å². The van der Waals surface area contributed by atoms with Crippen LogP contribution in [0.1, 0.15) is 11.1 Å². The molecule has 1 N–H and O–H groups in total. The number of rotatable bonds is 4. The van der Waals surface area contributed by atoms with Crippen molar-refractivity contribution in [2.75, 3.05) is 37.6 Å². The first-order valence-electron chi connectivity index (χ1n) is 8.92. The van der Waals surface area contributed by atoms with Gasteiger partial charge in [-0.15, -0.1) is 0 Å². The lowest BCUT2D eigenvalue weighted by Gasteiger charge is -2.37. The highest BCUT2D eigenvalue weighted by Gasteiger charge is 2.31.